The molecule has 3 heterocycles. The van der Waals surface area contributed by atoms with Crippen LogP contribution in [-0.4, -0.2) is 19.5 Å². The van der Waals surface area contributed by atoms with E-state index in [9.17, 15) is 2.74 Å². The number of hydrogen-bond acceptors (Lipinski definition) is 4. The number of nitrogens with zero attached hydrogens (tertiary/aromatic N) is 4. The summed E-state index contributed by atoms with van der Waals surface area (Å²) in [5.41, 5.74) is 7.80. The Morgan fingerprint density at radius 3 is 1.65 bits per heavy atom. The van der Waals surface area contributed by atoms with Crippen LogP contribution in [0.25, 0.3) is 115 Å². The molecule has 4 nitrogen and oxygen atoms in total. The van der Waals surface area contributed by atoms with E-state index >= 15 is 0 Å². The van der Waals surface area contributed by atoms with E-state index in [1.165, 1.54) is 24.7 Å². The third kappa shape index (κ3) is 6.09. The molecule has 0 N–H and O–H groups in total. The molecule has 3 aromatic heterocycles. The maximum Gasteiger partial charge on any atom is 0.166 e. The van der Waals surface area contributed by atoms with Gasteiger partial charge in [0.15, 0.2) is 17.5 Å². The number of para-hydroxylation sites is 2. The van der Waals surface area contributed by atoms with Crippen molar-refractivity contribution in [2.75, 3.05) is 0 Å². The molecule has 0 saturated carbocycles. The molecule has 0 saturated heterocycles. The lowest BCUT2D eigenvalue weighted by molar-refractivity contribution is 1.06. The third-order valence-corrected chi connectivity index (χ3v) is 12.6. The SMILES string of the molecule is [2H]c1c([2H])c([2H])c2c(c1[2H])c1c([2H])c([2H])c([2H])c([2H])c1n2-c1cc(-c2ccccc2)ccc1-c1nc(-c2ccc(-c3cccc4c3sc3ccccc34)cc2)nc(-c2ccccc2-c2ccccc2)n1. The first-order chi connectivity index (χ1) is 34.1. The van der Waals surface area contributed by atoms with E-state index in [4.69, 9.17) is 23.2 Å². The van der Waals surface area contributed by atoms with Gasteiger partial charge >= 0.3 is 0 Å². The average Bonchev–Trinajstić information content (AvgIpc) is 3.98. The van der Waals surface area contributed by atoms with E-state index in [0.29, 0.717) is 22.9 Å². The molecule has 9 aromatic carbocycles. The minimum atomic E-state index is -0.516. The van der Waals surface area contributed by atoms with Gasteiger partial charge in [-0.1, -0.05) is 188 Å². The summed E-state index contributed by atoms with van der Waals surface area (Å²) in [6, 6.07) is 52.5. The van der Waals surface area contributed by atoms with Gasteiger partial charge in [-0.3, -0.25) is 0 Å². The van der Waals surface area contributed by atoms with Crippen molar-refractivity contribution in [3.63, 3.8) is 0 Å². The molecule has 290 valence electrons. The number of aromatic nitrogens is 4. The van der Waals surface area contributed by atoms with E-state index in [-0.39, 0.29) is 27.6 Å². The van der Waals surface area contributed by atoms with Crippen molar-refractivity contribution in [3.8, 4) is 73.2 Å². The van der Waals surface area contributed by atoms with Crippen molar-refractivity contribution in [2.45, 2.75) is 0 Å². The summed E-state index contributed by atoms with van der Waals surface area (Å²) in [5, 5.41) is 2.38. The van der Waals surface area contributed by atoms with Crippen LogP contribution in [0, 0.1) is 0 Å². The third-order valence-electron chi connectivity index (χ3n) is 11.4. The summed E-state index contributed by atoms with van der Waals surface area (Å²) in [6.07, 6.45) is 0. The number of rotatable bonds is 7. The van der Waals surface area contributed by atoms with E-state index in [2.05, 4.69) is 54.6 Å². The van der Waals surface area contributed by atoms with Gasteiger partial charge in [-0.2, -0.15) is 0 Å². The van der Waals surface area contributed by atoms with Crippen LogP contribution in [0.3, 0.4) is 0 Å². The smallest absolute Gasteiger partial charge is 0.166 e. The zero-order valence-corrected chi connectivity index (χ0v) is 33.7. The molecule has 0 amide bonds. The molecular weight excluding hydrogens is 773 g/mol. The van der Waals surface area contributed by atoms with E-state index < -0.39 is 48.3 Å². The Morgan fingerprint density at radius 2 is 0.903 bits per heavy atom. The van der Waals surface area contributed by atoms with Crippen LogP contribution in [0.2, 0.25) is 0 Å². The summed E-state index contributed by atoms with van der Waals surface area (Å²) in [6.45, 7) is 0. The molecule has 0 fully saturated rings. The van der Waals surface area contributed by atoms with Crippen molar-refractivity contribution < 1.29 is 11.0 Å². The molecule has 5 heteroatoms. The second-order valence-corrected chi connectivity index (χ2v) is 16.0. The van der Waals surface area contributed by atoms with Gasteiger partial charge in [0, 0.05) is 47.6 Å². The van der Waals surface area contributed by atoms with E-state index in [1.54, 1.807) is 11.3 Å². The quantitative estimate of drug-likeness (QED) is 0.161. The highest BCUT2D eigenvalue weighted by Gasteiger charge is 2.21. The lowest BCUT2D eigenvalue weighted by Gasteiger charge is -2.17. The second-order valence-electron chi connectivity index (χ2n) is 15.0. The fourth-order valence-corrected chi connectivity index (χ4v) is 9.68. The van der Waals surface area contributed by atoms with Crippen LogP contribution in [-0.2, 0) is 0 Å². The summed E-state index contributed by atoms with van der Waals surface area (Å²) in [5.74, 6) is 0.981. The number of thiophene rings is 1. The van der Waals surface area contributed by atoms with Crippen molar-refractivity contribution >= 4 is 53.3 Å². The predicted molar refractivity (Wildman–Crippen MR) is 260 cm³/mol. The maximum atomic E-state index is 9.37. The molecule has 12 aromatic rings. The molecule has 0 aliphatic rings. The Bertz CT molecular complexity index is 4020. The Labute approximate surface area is 374 Å². The van der Waals surface area contributed by atoms with Gasteiger partial charge < -0.3 is 4.57 Å². The van der Waals surface area contributed by atoms with Gasteiger partial charge in [0.1, 0.15) is 0 Å². The highest BCUT2D eigenvalue weighted by atomic mass is 32.1. The summed E-state index contributed by atoms with van der Waals surface area (Å²) in [4.78, 5) is 15.7. The molecule has 0 radical (unpaired) electrons. The van der Waals surface area contributed by atoms with Crippen LogP contribution in [0.4, 0.5) is 0 Å². The molecule has 0 unspecified atom stereocenters. The Morgan fingerprint density at radius 1 is 0.371 bits per heavy atom. The Balaban J connectivity index is 1.15. The fourth-order valence-electron chi connectivity index (χ4n) is 8.44. The predicted octanol–water partition coefficient (Wildman–Crippen LogP) is 15.3. The molecule has 0 aliphatic heterocycles. The minimum Gasteiger partial charge on any atom is -0.308 e. The van der Waals surface area contributed by atoms with Crippen LogP contribution in [0.15, 0.2) is 218 Å². The summed E-state index contributed by atoms with van der Waals surface area (Å²) >= 11 is 1.77. The maximum absolute atomic E-state index is 9.37. The van der Waals surface area contributed by atoms with Gasteiger partial charge in [0.05, 0.1) is 27.7 Å². The second kappa shape index (κ2) is 14.9. The van der Waals surface area contributed by atoms with Gasteiger partial charge in [-0.25, -0.2) is 15.0 Å². The van der Waals surface area contributed by atoms with Crippen molar-refractivity contribution in [1.82, 2.24) is 19.5 Å². The molecular formula is C57H36N4S. The average molecular weight is 817 g/mol. The molecule has 0 spiro atoms. The molecule has 0 bridgehead atoms. The monoisotopic (exact) mass is 816 g/mol. The van der Waals surface area contributed by atoms with Crippen LogP contribution in [0.5, 0.6) is 0 Å². The lowest BCUT2D eigenvalue weighted by Crippen LogP contribution is -2.04. The van der Waals surface area contributed by atoms with Gasteiger partial charge in [0.2, 0.25) is 0 Å². The fraction of sp³-hybridized carbons (Fsp3) is 0. The summed E-state index contributed by atoms with van der Waals surface area (Å²) in [7, 11) is 0. The van der Waals surface area contributed by atoms with E-state index in [1.807, 2.05) is 115 Å². The van der Waals surface area contributed by atoms with Gasteiger partial charge in [-0.05, 0) is 63.7 Å². The molecule has 12 rings (SSSR count). The minimum absolute atomic E-state index is 0.00682. The number of benzene rings is 9. The van der Waals surface area contributed by atoms with E-state index in [0.717, 1.165) is 44.5 Å². The van der Waals surface area contributed by atoms with Crippen molar-refractivity contribution in [1.29, 1.82) is 0 Å². The highest BCUT2D eigenvalue weighted by molar-refractivity contribution is 7.26. The molecule has 0 aliphatic carbocycles. The lowest BCUT2D eigenvalue weighted by atomic mass is 9.98. The molecule has 0 atom stereocenters. The van der Waals surface area contributed by atoms with Gasteiger partial charge in [-0.15, -0.1) is 11.3 Å². The topological polar surface area (TPSA) is 43.6 Å². The van der Waals surface area contributed by atoms with Gasteiger partial charge in [0.25, 0.3) is 0 Å². The summed E-state index contributed by atoms with van der Waals surface area (Å²) < 4.78 is 76.1. The Kier molecular flexibility index (Phi) is 6.86. The Hall–Kier alpha value is -7.99. The zero-order chi connectivity index (χ0) is 47.9. The van der Waals surface area contributed by atoms with Crippen LogP contribution in [0.1, 0.15) is 11.0 Å². The first-order valence-corrected chi connectivity index (χ1v) is 21.0. The molecule has 62 heavy (non-hydrogen) atoms. The normalized spacial score (nSPS) is 13.4. The number of fused-ring (bicyclic) bond motifs is 6. The van der Waals surface area contributed by atoms with Crippen LogP contribution < -0.4 is 0 Å². The standard InChI is InChI=1S/C57H36N4S/c1-3-16-37(17-4-1)41-34-35-49(52(36-41)61-50-27-12-9-21-44(50)45-22-10-13-28-51(45)61)57-59-55(58-56(60-57)48-24-8-7-20-42(48)38-18-5-2-6-19-38)40-32-30-39(31-33-40)43-25-15-26-47-46-23-11-14-29-53(46)62-54(43)47/h1-36H/i9D,10D,12D,13D,21D,22D,27D,28D. The first-order valence-electron chi connectivity index (χ1n) is 24.2. The largest absolute Gasteiger partial charge is 0.308 e. The number of hydrogen-bond donors (Lipinski definition) is 0. The van der Waals surface area contributed by atoms with Crippen molar-refractivity contribution in [3.05, 3.63) is 218 Å². The zero-order valence-electron chi connectivity index (χ0n) is 40.9. The first kappa shape index (κ1) is 28.5. The van der Waals surface area contributed by atoms with Crippen molar-refractivity contribution in [2.24, 2.45) is 0 Å². The van der Waals surface area contributed by atoms with Crippen LogP contribution >= 0.6 is 11.3 Å². The highest BCUT2D eigenvalue weighted by Crippen LogP contribution is 2.42.